The lowest BCUT2D eigenvalue weighted by Gasteiger charge is -2.12. The van der Waals surface area contributed by atoms with Crippen molar-refractivity contribution in [2.24, 2.45) is 0 Å². The Balaban J connectivity index is 1.26. The maximum atomic E-state index is 12.8. The number of para-hydroxylation sites is 1. The number of pyridine rings is 1. The second-order valence-corrected chi connectivity index (χ2v) is 11.0. The van der Waals surface area contributed by atoms with Gasteiger partial charge in [-0.2, -0.15) is 0 Å². The van der Waals surface area contributed by atoms with Crippen molar-refractivity contribution in [1.82, 2.24) is 24.7 Å². The number of carbonyl (C=O) groups is 1. The summed E-state index contributed by atoms with van der Waals surface area (Å²) in [7, 11) is 1.65. The molecule has 208 valence electrons. The summed E-state index contributed by atoms with van der Waals surface area (Å²) < 4.78 is 7.29. The molecule has 3 heterocycles. The molecule has 0 atom stereocenters. The Bertz CT molecular complexity index is 1870. The molecule has 0 saturated heterocycles. The molecule has 6 rings (SSSR count). The molecule has 6 aromatic rings. The fourth-order valence-corrected chi connectivity index (χ4v) is 6.00. The summed E-state index contributed by atoms with van der Waals surface area (Å²) in [6, 6.07) is 27.7. The molecule has 8 nitrogen and oxygen atoms in total. The first-order valence-electron chi connectivity index (χ1n) is 13.1. The Labute approximate surface area is 251 Å². The van der Waals surface area contributed by atoms with Gasteiger partial charge in [0.05, 0.1) is 29.8 Å². The third-order valence-electron chi connectivity index (χ3n) is 6.52. The van der Waals surface area contributed by atoms with Gasteiger partial charge in [-0.3, -0.25) is 9.36 Å². The van der Waals surface area contributed by atoms with Gasteiger partial charge in [0.25, 0.3) is 0 Å². The average Bonchev–Trinajstić information content (AvgIpc) is 3.67. The zero-order valence-electron chi connectivity index (χ0n) is 22.7. The van der Waals surface area contributed by atoms with Crippen LogP contribution in [0.2, 0.25) is 0 Å². The van der Waals surface area contributed by atoms with Crippen molar-refractivity contribution in [3.63, 3.8) is 0 Å². The Hall–Kier alpha value is -4.80. The van der Waals surface area contributed by atoms with E-state index >= 15 is 0 Å². The number of fused-ring (bicyclic) bond motifs is 1. The molecule has 0 bridgehead atoms. The number of nitrogens with zero attached hydrogens (tertiary/aromatic N) is 5. The highest BCUT2D eigenvalue weighted by molar-refractivity contribution is 7.99. The lowest BCUT2D eigenvalue weighted by atomic mass is 10.0. The van der Waals surface area contributed by atoms with Gasteiger partial charge in [-0.25, -0.2) is 9.97 Å². The largest absolute Gasteiger partial charge is 0.497 e. The minimum absolute atomic E-state index is 0.156. The van der Waals surface area contributed by atoms with E-state index in [9.17, 15) is 4.79 Å². The number of rotatable bonds is 10. The SMILES string of the molecule is C=CCn1c(SCC(=O)Nc2nc(-c3ccccc3)cs2)nnc1-c1cc(-c2ccc(OC)cc2)nc2ccccc12. The number of benzene rings is 3. The molecule has 0 fully saturated rings. The molecule has 0 aliphatic heterocycles. The number of thioether (sulfide) groups is 1. The molecule has 0 unspecified atom stereocenters. The number of aromatic nitrogens is 5. The minimum Gasteiger partial charge on any atom is -0.497 e. The van der Waals surface area contributed by atoms with Gasteiger partial charge in [0.15, 0.2) is 16.1 Å². The predicted molar refractivity (Wildman–Crippen MR) is 170 cm³/mol. The topological polar surface area (TPSA) is 94.8 Å². The van der Waals surface area contributed by atoms with Gasteiger partial charge >= 0.3 is 0 Å². The van der Waals surface area contributed by atoms with Crippen LogP contribution in [0.15, 0.2) is 108 Å². The van der Waals surface area contributed by atoms with Crippen LogP contribution in [0.3, 0.4) is 0 Å². The molecular weight excluding hydrogens is 565 g/mol. The first-order valence-corrected chi connectivity index (χ1v) is 15.0. The number of thiazole rings is 1. The second-order valence-electron chi connectivity index (χ2n) is 9.25. The first-order chi connectivity index (χ1) is 20.6. The number of amides is 1. The van der Waals surface area contributed by atoms with Crippen LogP contribution in [0.1, 0.15) is 0 Å². The van der Waals surface area contributed by atoms with E-state index in [2.05, 4.69) is 27.1 Å². The summed E-state index contributed by atoms with van der Waals surface area (Å²) in [5.41, 5.74) is 5.35. The van der Waals surface area contributed by atoms with Crippen LogP contribution >= 0.6 is 23.1 Å². The van der Waals surface area contributed by atoms with Crippen molar-refractivity contribution in [3.8, 4) is 39.7 Å². The van der Waals surface area contributed by atoms with Gasteiger partial charge in [-0.15, -0.1) is 28.1 Å². The van der Waals surface area contributed by atoms with Crippen molar-refractivity contribution in [3.05, 3.63) is 103 Å². The van der Waals surface area contributed by atoms with E-state index in [1.165, 1.54) is 23.1 Å². The Morgan fingerprint density at radius 3 is 2.52 bits per heavy atom. The molecule has 3 aromatic carbocycles. The summed E-state index contributed by atoms with van der Waals surface area (Å²) in [4.78, 5) is 22.3. The van der Waals surface area contributed by atoms with Gasteiger partial charge in [-0.1, -0.05) is 66.4 Å². The van der Waals surface area contributed by atoms with E-state index in [0.29, 0.717) is 22.7 Å². The maximum absolute atomic E-state index is 12.8. The summed E-state index contributed by atoms with van der Waals surface area (Å²) in [5.74, 6) is 1.45. The van der Waals surface area contributed by atoms with Crippen LogP contribution in [-0.2, 0) is 11.3 Å². The van der Waals surface area contributed by atoms with E-state index in [1.807, 2.05) is 94.9 Å². The van der Waals surface area contributed by atoms with Crippen molar-refractivity contribution >= 4 is 45.0 Å². The number of carbonyl (C=O) groups excluding carboxylic acids is 1. The van der Waals surface area contributed by atoms with Crippen LogP contribution in [0, 0.1) is 0 Å². The molecule has 0 radical (unpaired) electrons. The lowest BCUT2D eigenvalue weighted by molar-refractivity contribution is -0.113. The standard InChI is InChI=1S/C32H26N6O2S2/c1-3-17-38-30(25-18-27(22-13-15-23(40-2)16-14-22)33-26-12-8-7-11-24(25)26)36-37-32(38)42-20-29(39)35-31-34-28(19-41-31)21-9-5-4-6-10-21/h3-16,18-19H,1,17,20H2,2H3,(H,34,35,39). The van der Waals surface area contributed by atoms with E-state index in [4.69, 9.17) is 9.72 Å². The van der Waals surface area contributed by atoms with E-state index < -0.39 is 0 Å². The molecule has 1 N–H and O–H groups in total. The number of ether oxygens (including phenoxy) is 1. The highest BCUT2D eigenvalue weighted by Gasteiger charge is 2.19. The Kier molecular flexibility index (Phi) is 8.07. The van der Waals surface area contributed by atoms with Crippen LogP contribution in [0.4, 0.5) is 5.13 Å². The molecule has 0 aliphatic carbocycles. The number of hydrogen-bond donors (Lipinski definition) is 1. The summed E-state index contributed by atoms with van der Waals surface area (Å²) in [5, 5.41) is 16.0. The molecular formula is C32H26N6O2S2. The number of hydrogen-bond acceptors (Lipinski definition) is 8. The van der Waals surface area contributed by atoms with E-state index in [1.54, 1.807) is 13.2 Å². The zero-order chi connectivity index (χ0) is 28.9. The number of anilines is 1. The molecule has 0 aliphatic rings. The smallest absolute Gasteiger partial charge is 0.236 e. The van der Waals surface area contributed by atoms with Crippen molar-refractivity contribution in [1.29, 1.82) is 0 Å². The molecule has 3 aromatic heterocycles. The number of methoxy groups -OCH3 is 1. The fourth-order valence-electron chi connectivity index (χ4n) is 4.52. The van der Waals surface area contributed by atoms with Crippen molar-refractivity contribution in [2.75, 3.05) is 18.2 Å². The van der Waals surface area contributed by atoms with Crippen molar-refractivity contribution < 1.29 is 9.53 Å². The number of nitrogens with one attached hydrogen (secondary N) is 1. The highest BCUT2D eigenvalue weighted by Crippen LogP contribution is 2.34. The minimum atomic E-state index is -0.167. The van der Waals surface area contributed by atoms with Gasteiger partial charge in [0.2, 0.25) is 5.91 Å². The van der Waals surface area contributed by atoms with Crippen molar-refractivity contribution in [2.45, 2.75) is 11.7 Å². The summed E-state index contributed by atoms with van der Waals surface area (Å²) in [6.07, 6.45) is 1.80. The number of allylic oxidation sites excluding steroid dienone is 1. The quantitative estimate of drug-likeness (QED) is 0.133. The van der Waals surface area contributed by atoms with Crippen LogP contribution in [0.25, 0.3) is 44.8 Å². The highest BCUT2D eigenvalue weighted by atomic mass is 32.2. The Morgan fingerprint density at radius 1 is 0.976 bits per heavy atom. The molecule has 0 spiro atoms. The lowest BCUT2D eigenvalue weighted by Crippen LogP contribution is -2.14. The van der Waals surface area contributed by atoms with E-state index in [0.717, 1.165) is 44.7 Å². The van der Waals surface area contributed by atoms with E-state index in [-0.39, 0.29) is 11.7 Å². The molecule has 42 heavy (non-hydrogen) atoms. The summed E-state index contributed by atoms with van der Waals surface area (Å²) >= 11 is 2.72. The summed E-state index contributed by atoms with van der Waals surface area (Å²) in [6.45, 7) is 4.42. The molecule has 1 amide bonds. The third-order valence-corrected chi connectivity index (χ3v) is 8.25. The first kappa shape index (κ1) is 27.4. The predicted octanol–water partition coefficient (Wildman–Crippen LogP) is 7.21. The maximum Gasteiger partial charge on any atom is 0.236 e. The van der Waals surface area contributed by atoms with Crippen LogP contribution in [0.5, 0.6) is 5.75 Å². The van der Waals surface area contributed by atoms with Gasteiger partial charge in [0, 0.05) is 34.0 Å². The average molecular weight is 591 g/mol. The van der Waals surface area contributed by atoms with Gasteiger partial charge in [0.1, 0.15) is 5.75 Å². The second kappa shape index (κ2) is 12.4. The van der Waals surface area contributed by atoms with Crippen LogP contribution in [-0.4, -0.2) is 43.5 Å². The molecule has 0 saturated carbocycles. The Morgan fingerprint density at radius 2 is 1.74 bits per heavy atom. The van der Waals surface area contributed by atoms with Gasteiger partial charge in [-0.05, 0) is 36.4 Å². The molecule has 10 heteroatoms. The van der Waals surface area contributed by atoms with Gasteiger partial charge < -0.3 is 10.1 Å². The zero-order valence-corrected chi connectivity index (χ0v) is 24.4. The van der Waals surface area contributed by atoms with Crippen LogP contribution < -0.4 is 10.1 Å². The normalized spacial score (nSPS) is 11.0. The fraction of sp³-hybridized carbons (Fsp3) is 0.0938. The monoisotopic (exact) mass is 590 g/mol. The third kappa shape index (κ3) is 5.81.